The fraction of sp³-hybridized carbons (Fsp3) is 0.0455. The number of benzene rings is 3. The Hall–Kier alpha value is -4.33. The molecule has 148 valence electrons. The highest BCUT2D eigenvalue weighted by Crippen LogP contribution is 2.26. The number of amides is 3. The number of nitro benzene ring substituents is 1. The number of hydrogen-bond acceptors (Lipinski definition) is 5. The van der Waals surface area contributed by atoms with Crippen LogP contribution in [0.3, 0.4) is 0 Å². The van der Waals surface area contributed by atoms with Crippen molar-refractivity contribution in [2.75, 3.05) is 11.6 Å². The fourth-order valence-corrected chi connectivity index (χ4v) is 3.29. The minimum Gasteiger partial charge on any atom is -0.290 e. The van der Waals surface area contributed by atoms with Gasteiger partial charge in [-0.3, -0.25) is 34.3 Å². The van der Waals surface area contributed by atoms with E-state index in [1.54, 1.807) is 54.6 Å². The number of para-hydroxylation sites is 1. The molecule has 0 N–H and O–H groups in total. The van der Waals surface area contributed by atoms with E-state index in [1.807, 2.05) is 0 Å². The van der Waals surface area contributed by atoms with E-state index in [4.69, 9.17) is 0 Å². The lowest BCUT2D eigenvalue weighted by atomic mass is 10.1. The third-order valence-corrected chi connectivity index (χ3v) is 4.78. The average Bonchev–Trinajstić information content (AvgIpc) is 3.02. The summed E-state index contributed by atoms with van der Waals surface area (Å²) in [4.78, 5) is 51.5. The Morgan fingerprint density at radius 3 is 2.07 bits per heavy atom. The van der Waals surface area contributed by atoms with Gasteiger partial charge in [0.1, 0.15) is 6.67 Å². The molecule has 0 bridgehead atoms. The number of fused-ring (bicyclic) bond motifs is 1. The summed E-state index contributed by atoms with van der Waals surface area (Å²) in [5.74, 6) is -1.56. The number of imide groups is 1. The van der Waals surface area contributed by atoms with E-state index in [9.17, 15) is 24.5 Å². The Kier molecular flexibility index (Phi) is 4.81. The van der Waals surface area contributed by atoms with Gasteiger partial charge in [0, 0.05) is 23.4 Å². The van der Waals surface area contributed by atoms with Crippen LogP contribution in [0.4, 0.5) is 11.4 Å². The van der Waals surface area contributed by atoms with Gasteiger partial charge in [-0.15, -0.1) is 0 Å². The van der Waals surface area contributed by atoms with Crippen molar-refractivity contribution >= 4 is 29.1 Å². The van der Waals surface area contributed by atoms with E-state index in [0.29, 0.717) is 5.69 Å². The Labute approximate surface area is 171 Å². The standard InChI is InChI=1S/C22H15N3O5/c26-20(15-7-6-10-17(13-15)25(29)30)23(16-8-2-1-3-9-16)14-24-21(27)18-11-4-5-12-19(18)22(24)28/h1-13H,14H2. The van der Waals surface area contributed by atoms with Crippen LogP contribution in [0.2, 0.25) is 0 Å². The van der Waals surface area contributed by atoms with E-state index in [2.05, 4.69) is 0 Å². The predicted molar refractivity (Wildman–Crippen MR) is 108 cm³/mol. The molecule has 0 atom stereocenters. The SMILES string of the molecule is O=C1c2ccccc2C(=O)N1CN(C(=O)c1cccc([N+](=O)[O-])c1)c1ccccc1. The monoisotopic (exact) mass is 401 g/mol. The molecule has 1 aliphatic heterocycles. The van der Waals surface area contributed by atoms with E-state index >= 15 is 0 Å². The molecule has 4 rings (SSSR count). The molecule has 0 saturated carbocycles. The molecule has 1 heterocycles. The third-order valence-electron chi connectivity index (χ3n) is 4.78. The van der Waals surface area contributed by atoms with Crippen LogP contribution < -0.4 is 4.90 Å². The van der Waals surface area contributed by atoms with Gasteiger partial charge in [0.05, 0.1) is 16.1 Å². The molecule has 0 radical (unpaired) electrons. The van der Waals surface area contributed by atoms with E-state index in [0.717, 1.165) is 4.90 Å². The molecule has 0 unspecified atom stereocenters. The lowest BCUT2D eigenvalue weighted by Gasteiger charge is -2.27. The predicted octanol–water partition coefficient (Wildman–Crippen LogP) is 3.50. The Bertz CT molecular complexity index is 1140. The molecule has 0 spiro atoms. The molecular formula is C22H15N3O5. The molecule has 3 aromatic carbocycles. The zero-order valence-electron chi connectivity index (χ0n) is 15.6. The van der Waals surface area contributed by atoms with Crippen LogP contribution in [-0.4, -0.2) is 34.2 Å². The Balaban J connectivity index is 1.71. The minimum absolute atomic E-state index is 0.0738. The van der Waals surface area contributed by atoms with E-state index in [-0.39, 0.29) is 29.0 Å². The van der Waals surface area contributed by atoms with Crippen molar-refractivity contribution in [1.82, 2.24) is 4.90 Å². The molecule has 0 aromatic heterocycles. The molecule has 8 heteroatoms. The number of rotatable bonds is 5. The highest BCUT2D eigenvalue weighted by Gasteiger charge is 2.37. The highest BCUT2D eigenvalue weighted by molar-refractivity contribution is 6.22. The third kappa shape index (κ3) is 3.30. The van der Waals surface area contributed by atoms with Crippen LogP contribution in [0.15, 0.2) is 78.9 Å². The second-order valence-corrected chi connectivity index (χ2v) is 6.60. The van der Waals surface area contributed by atoms with Crippen LogP contribution >= 0.6 is 0 Å². The number of anilines is 1. The zero-order chi connectivity index (χ0) is 21.3. The van der Waals surface area contributed by atoms with Gasteiger partial charge in [0.25, 0.3) is 23.4 Å². The quantitative estimate of drug-likeness (QED) is 0.370. The van der Waals surface area contributed by atoms with Crippen molar-refractivity contribution in [3.63, 3.8) is 0 Å². The molecule has 1 aliphatic rings. The van der Waals surface area contributed by atoms with Crippen molar-refractivity contribution in [1.29, 1.82) is 0 Å². The zero-order valence-corrected chi connectivity index (χ0v) is 15.6. The van der Waals surface area contributed by atoms with E-state index < -0.39 is 22.6 Å². The van der Waals surface area contributed by atoms with Crippen molar-refractivity contribution < 1.29 is 19.3 Å². The first-order valence-corrected chi connectivity index (χ1v) is 9.04. The lowest BCUT2D eigenvalue weighted by Crippen LogP contribution is -2.44. The summed E-state index contributed by atoms with van der Waals surface area (Å²) in [7, 11) is 0. The van der Waals surface area contributed by atoms with Crippen molar-refractivity contribution in [3.8, 4) is 0 Å². The van der Waals surface area contributed by atoms with Crippen LogP contribution in [-0.2, 0) is 0 Å². The van der Waals surface area contributed by atoms with Gasteiger partial charge < -0.3 is 0 Å². The van der Waals surface area contributed by atoms with Crippen molar-refractivity contribution in [3.05, 3.63) is 106 Å². The fourth-order valence-electron chi connectivity index (χ4n) is 3.29. The molecule has 0 fully saturated rings. The topological polar surface area (TPSA) is 101 Å². The van der Waals surface area contributed by atoms with Crippen molar-refractivity contribution in [2.45, 2.75) is 0 Å². The van der Waals surface area contributed by atoms with Crippen LogP contribution in [0, 0.1) is 10.1 Å². The summed E-state index contributed by atoms with van der Waals surface area (Å²) in [6.45, 7) is -0.322. The smallest absolute Gasteiger partial charge is 0.270 e. The first kappa shape index (κ1) is 19.0. The van der Waals surface area contributed by atoms with Crippen LogP contribution in [0.1, 0.15) is 31.1 Å². The van der Waals surface area contributed by atoms with Crippen molar-refractivity contribution in [2.24, 2.45) is 0 Å². The van der Waals surface area contributed by atoms with E-state index in [1.165, 1.54) is 29.2 Å². The Morgan fingerprint density at radius 1 is 0.867 bits per heavy atom. The molecule has 3 aromatic rings. The highest BCUT2D eigenvalue weighted by atomic mass is 16.6. The van der Waals surface area contributed by atoms with Gasteiger partial charge in [0.15, 0.2) is 0 Å². The number of carbonyl (C=O) groups is 3. The Morgan fingerprint density at radius 2 is 1.47 bits per heavy atom. The van der Waals surface area contributed by atoms with Gasteiger partial charge in [0.2, 0.25) is 0 Å². The van der Waals surface area contributed by atoms with Crippen LogP contribution in [0.25, 0.3) is 0 Å². The van der Waals surface area contributed by atoms with Gasteiger partial charge in [-0.25, -0.2) is 0 Å². The second-order valence-electron chi connectivity index (χ2n) is 6.60. The number of hydrogen-bond donors (Lipinski definition) is 0. The number of non-ortho nitro benzene ring substituents is 1. The lowest BCUT2D eigenvalue weighted by molar-refractivity contribution is -0.384. The normalized spacial score (nSPS) is 12.6. The van der Waals surface area contributed by atoms with Gasteiger partial charge in [-0.2, -0.15) is 0 Å². The summed E-state index contributed by atoms with van der Waals surface area (Å²) >= 11 is 0. The summed E-state index contributed by atoms with van der Waals surface area (Å²) in [5.41, 5.74) is 0.849. The molecule has 30 heavy (non-hydrogen) atoms. The average molecular weight is 401 g/mol. The van der Waals surface area contributed by atoms with Gasteiger partial charge in [-0.05, 0) is 30.3 Å². The molecular weight excluding hydrogens is 386 g/mol. The summed E-state index contributed by atoms with van der Waals surface area (Å²) in [6, 6.07) is 20.3. The molecule has 8 nitrogen and oxygen atoms in total. The number of nitro groups is 1. The summed E-state index contributed by atoms with van der Waals surface area (Å²) < 4.78 is 0. The summed E-state index contributed by atoms with van der Waals surface area (Å²) in [5, 5.41) is 11.1. The molecule has 3 amide bonds. The number of carbonyl (C=O) groups excluding carboxylic acids is 3. The van der Waals surface area contributed by atoms with Gasteiger partial charge >= 0.3 is 0 Å². The summed E-state index contributed by atoms with van der Waals surface area (Å²) in [6.07, 6.45) is 0. The number of nitrogens with zero attached hydrogens (tertiary/aromatic N) is 3. The minimum atomic E-state index is -0.589. The maximum absolute atomic E-state index is 13.2. The molecule has 0 saturated heterocycles. The maximum atomic E-state index is 13.2. The van der Waals surface area contributed by atoms with Crippen LogP contribution in [0.5, 0.6) is 0 Å². The largest absolute Gasteiger partial charge is 0.290 e. The first-order valence-electron chi connectivity index (χ1n) is 9.04. The first-order chi connectivity index (χ1) is 14.5. The molecule has 0 aliphatic carbocycles. The maximum Gasteiger partial charge on any atom is 0.270 e. The second kappa shape index (κ2) is 7.59. The van der Waals surface area contributed by atoms with Gasteiger partial charge in [-0.1, -0.05) is 36.4 Å².